The lowest BCUT2D eigenvalue weighted by molar-refractivity contribution is -0.147. The van der Waals surface area contributed by atoms with Crippen molar-refractivity contribution in [3.63, 3.8) is 0 Å². The molecule has 0 aliphatic heterocycles. The van der Waals surface area contributed by atoms with Crippen LogP contribution in [0, 0.1) is 0 Å². The highest BCUT2D eigenvalue weighted by Crippen LogP contribution is 2.22. The first-order chi connectivity index (χ1) is 15.7. The molecule has 0 saturated carbocycles. The molecule has 0 heterocycles. The molecule has 0 saturated heterocycles. The van der Waals surface area contributed by atoms with Gasteiger partial charge in [0.15, 0.2) is 0 Å². The summed E-state index contributed by atoms with van der Waals surface area (Å²) in [4.78, 5) is 25.2. The van der Waals surface area contributed by atoms with Crippen molar-refractivity contribution in [1.82, 2.24) is 5.32 Å². The summed E-state index contributed by atoms with van der Waals surface area (Å²) in [6.07, 6.45) is -0.372. The van der Waals surface area contributed by atoms with Crippen LogP contribution in [0.3, 0.4) is 0 Å². The molecule has 0 aliphatic carbocycles. The van der Waals surface area contributed by atoms with E-state index in [4.69, 9.17) is 9.47 Å². The van der Waals surface area contributed by atoms with Crippen molar-refractivity contribution in [3.05, 3.63) is 94.5 Å². The summed E-state index contributed by atoms with van der Waals surface area (Å²) < 4.78 is 11.8. The Labute approximate surface area is 203 Å². The molecular formula is C27H28BrNO4. The number of carbonyl (C=O) groups excluding carboxylic acids is 2. The second-order valence-corrected chi connectivity index (χ2v) is 9.62. The zero-order valence-electron chi connectivity index (χ0n) is 19.0. The van der Waals surface area contributed by atoms with Crippen molar-refractivity contribution >= 4 is 28.0 Å². The van der Waals surface area contributed by atoms with E-state index in [2.05, 4.69) is 21.2 Å². The second-order valence-electron chi connectivity index (χ2n) is 8.70. The van der Waals surface area contributed by atoms with Crippen LogP contribution >= 0.6 is 15.9 Å². The van der Waals surface area contributed by atoms with E-state index in [0.717, 1.165) is 26.7 Å². The zero-order valence-corrected chi connectivity index (χ0v) is 20.6. The van der Waals surface area contributed by atoms with Crippen LogP contribution in [0.4, 0.5) is 4.79 Å². The third-order valence-corrected chi connectivity index (χ3v) is 5.30. The number of benzene rings is 3. The third kappa shape index (κ3) is 8.06. The summed E-state index contributed by atoms with van der Waals surface area (Å²) >= 11 is 3.45. The van der Waals surface area contributed by atoms with E-state index in [0.29, 0.717) is 0 Å². The van der Waals surface area contributed by atoms with Gasteiger partial charge in [-0.25, -0.2) is 9.59 Å². The van der Waals surface area contributed by atoms with Crippen molar-refractivity contribution in [2.75, 3.05) is 0 Å². The molecule has 0 unspecified atom stereocenters. The minimum Gasteiger partial charge on any atom is -0.459 e. The second kappa shape index (κ2) is 11.1. The summed E-state index contributed by atoms with van der Waals surface area (Å²) in [6, 6.07) is 24.5. The smallest absolute Gasteiger partial charge is 0.408 e. The van der Waals surface area contributed by atoms with Gasteiger partial charge in [-0.3, -0.25) is 0 Å². The van der Waals surface area contributed by atoms with Crippen LogP contribution in [0.1, 0.15) is 31.9 Å². The largest absolute Gasteiger partial charge is 0.459 e. The number of hydrogen-bond acceptors (Lipinski definition) is 4. The first-order valence-electron chi connectivity index (χ1n) is 10.7. The van der Waals surface area contributed by atoms with Gasteiger partial charge < -0.3 is 14.8 Å². The molecule has 0 spiro atoms. The van der Waals surface area contributed by atoms with Gasteiger partial charge in [0.05, 0.1) is 0 Å². The van der Waals surface area contributed by atoms with Gasteiger partial charge in [0.2, 0.25) is 0 Å². The van der Waals surface area contributed by atoms with Gasteiger partial charge in [-0.2, -0.15) is 0 Å². The van der Waals surface area contributed by atoms with Crippen LogP contribution < -0.4 is 5.32 Å². The van der Waals surface area contributed by atoms with Crippen molar-refractivity contribution < 1.29 is 19.1 Å². The summed E-state index contributed by atoms with van der Waals surface area (Å²) in [5.74, 6) is -0.512. The topological polar surface area (TPSA) is 64.6 Å². The Morgan fingerprint density at radius 3 is 2.00 bits per heavy atom. The van der Waals surface area contributed by atoms with Gasteiger partial charge in [-0.15, -0.1) is 0 Å². The number of esters is 1. The van der Waals surface area contributed by atoms with E-state index in [9.17, 15) is 9.59 Å². The number of halogens is 1. The van der Waals surface area contributed by atoms with Gasteiger partial charge in [0.25, 0.3) is 0 Å². The number of nitrogens with one attached hydrogen (secondary N) is 1. The van der Waals surface area contributed by atoms with E-state index in [1.807, 2.05) is 78.9 Å². The quantitative estimate of drug-likeness (QED) is 0.379. The monoisotopic (exact) mass is 509 g/mol. The lowest BCUT2D eigenvalue weighted by atomic mass is 10.0. The molecule has 172 valence electrons. The Hall–Kier alpha value is -3.12. The van der Waals surface area contributed by atoms with Crippen LogP contribution in [-0.4, -0.2) is 23.7 Å². The van der Waals surface area contributed by atoms with E-state index >= 15 is 0 Å². The maximum absolute atomic E-state index is 12.8. The summed E-state index contributed by atoms with van der Waals surface area (Å²) in [6.45, 7) is 5.46. The molecular weight excluding hydrogens is 482 g/mol. The van der Waals surface area contributed by atoms with Crippen LogP contribution in [0.15, 0.2) is 83.3 Å². The van der Waals surface area contributed by atoms with E-state index in [1.54, 1.807) is 20.8 Å². The van der Waals surface area contributed by atoms with Crippen molar-refractivity contribution in [2.24, 2.45) is 0 Å². The third-order valence-electron chi connectivity index (χ3n) is 4.77. The average Bonchev–Trinajstić information content (AvgIpc) is 2.77. The zero-order chi connectivity index (χ0) is 23.8. The fourth-order valence-electron chi connectivity index (χ4n) is 3.18. The number of hydrogen-bond donors (Lipinski definition) is 1. The Kier molecular flexibility index (Phi) is 8.28. The molecule has 6 heteroatoms. The predicted octanol–water partition coefficient (Wildman–Crippen LogP) is 6.30. The molecule has 5 nitrogen and oxygen atoms in total. The van der Waals surface area contributed by atoms with E-state index in [-0.39, 0.29) is 13.0 Å². The average molecular weight is 510 g/mol. The maximum atomic E-state index is 12.8. The van der Waals surface area contributed by atoms with Crippen LogP contribution in [0.2, 0.25) is 0 Å². The SMILES string of the molecule is CC(C)(C)OC(=O)N[C@H](Cc1ccc(-c2ccc(Br)cc2)cc1)C(=O)OCc1ccccc1. The standard InChI is InChI=1S/C27H28BrNO4/c1-27(2,3)33-26(31)29-24(25(30)32-18-20-7-5-4-6-8-20)17-19-9-11-21(12-10-19)22-13-15-23(28)16-14-22/h4-16,24H,17-18H2,1-3H3,(H,29,31)/t24-/m1/s1. The van der Waals surface area contributed by atoms with Crippen LogP contribution in [-0.2, 0) is 27.3 Å². The van der Waals surface area contributed by atoms with Crippen molar-refractivity contribution in [2.45, 2.75) is 45.4 Å². The Balaban J connectivity index is 1.71. The van der Waals surface area contributed by atoms with Crippen molar-refractivity contribution in [1.29, 1.82) is 0 Å². The Morgan fingerprint density at radius 2 is 1.42 bits per heavy atom. The molecule has 0 aromatic heterocycles. The molecule has 1 amide bonds. The fraction of sp³-hybridized carbons (Fsp3) is 0.259. The highest BCUT2D eigenvalue weighted by Gasteiger charge is 2.26. The molecule has 0 radical (unpaired) electrons. The highest BCUT2D eigenvalue weighted by atomic mass is 79.9. The molecule has 3 rings (SSSR count). The lowest BCUT2D eigenvalue weighted by Gasteiger charge is -2.23. The number of rotatable bonds is 7. The molecule has 33 heavy (non-hydrogen) atoms. The predicted molar refractivity (Wildman–Crippen MR) is 133 cm³/mol. The van der Waals surface area contributed by atoms with Crippen molar-refractivity contribution in [3.8, 4) is 11.1 Å². The van der Waals surface area contributed by atoms with Gasteiger partial charge in [0.1, 0.15) is 18.2 Å². The van der Waals surface area contributed by atoms with Gasteiger partial charge in [-0.1, -0.05) is 82.7 Å². The highest BCUT2D eigenvalue weighted by molar-refractivity contribution is 9.10. The normalized spacial score (nSPS) is 12.0. The molecule has 0 aliphatic rings. The number of amides is 1. The van der Waals surface area contributed by atoms with Gasteiger partial charge in [-0.05, 0) is 55.2 Å². The molecule has 0 bridgehead atoms. The summed E-state index contributed by atoms with van der Waals surface area (Å²) in [5, 5.41) is 2.67. The minimum absolute atomic E-state index is 0.134. The van der Waals surface area contributed by atoms with Crippen LogP contribution in [0.5, 0.6) is 0 Å². The van der Waals surface area contributed by atoms with Gasteiger partial charge in [0, 0.05) is 10.9 Å². The maximum Gasteiger partial charge on any atom is 0.408 e. The first kappa shape index (κ1) is 24.5. The Morgan fingerprint density at radius 1 is 0.848 bits per heavy atom. The number of ether oxygens (including phenoxy) is 2. The van der Waals surface area contributed by atoms with Crippen LogP contribution in [0.25, 0.3) is 11.1 Å². The van der Waals surface area contributed by atoms with E-state index in [1.165, 1.54) is 0 Å². The summed E-state index contributed by atoms with van der Waals surface area (Å²) in [7, 11) is 0. The Bertz CT molecular complexity index is 1060. The fourth-order valence-corrected chi connectivity index (χ4v) is 3.45. The summed E-state index contributed by atoms with van der Waals surface area (Å²) in [5.41, 5.74) is 3.26. The first-order valence-corrected chi connectivity index (χ1v) is 11.5. The molecule has 0 fully saturated rings. The van der Waals surface area contributed by atoms with Gasteiger partial charge >= 0.3 is 12.1 Å². The minimum atomic E-state index is -0.873. The van der Waals surface area contributed by atoms with E-state index < -0.39 is 23.7 Å². The number of alkyl carbamates (subject to hydrolysis) is 1. The molecule has 1 N–H and O–H groups in total. The number of carbonyl (C=O) groups is 2. The molecule has 3 aromatic rings. The molecule has 1 atom stereocenters. The lowest BCUT2D eigenvalue weighted by Crippen LogP contribution is -2.45. The molecule has 3 aromatic carbocycles.